The molecule has 2 fully saturated rings. The van der Waals surface area contributed by atoms with Gasteiger partial charge in [-0.2, -0.15) is 0 Å². The molecule has 7 heteroatoms. The first-order valence-corrected chi connectivity index (χ1v) is 10.5. The fraction of sp³-hybridized carbons (Fsp3) is 0.368. The molecule has 0 unspecified atom stereocenters. The molecule has 0 saturated carbocycles. The molecule has 136 valence electrons. The molecule has 0 aliphatic carbocycles. The van der Waals surface area contributed by atoms with Crippen molar-refractivity contribution in [1.29, 1.82) is 0 Å². The van der Waals surface area contributed by atoms with Crippen LogP contribution >= 0.6 is 23.1 Å². The van der Waals surface area contributed by atoms with Crippen molar-refractivity contribution in [2.45, 2.75) is 17.7 Å². The highest BCUT2D eigenvalue weighted by Gasteiger charge is 2.47. The molecule has 1 aromatic carbocycles. The lowest BCUT2D eigenvalue weighted by molar-refractivity contribution is 0.0499. The van der Waals surface area contributed by atoms with Crippen LogP contribution in [0, 0.1) is 5.82 Å². The maximum atomic E-state index is 13.9. The van der Waals surface area contributed by atoms with Crippen LogP contribution in [-0.4, -0.2) is 51.9 Å². The zero-order chi connectivity index (χ0) is 18.1. The number of carbonyl (C=O) groups is 2. The molecular formula is C19H19FN2O2S2. The fourth-order valence-electron chi connectivity index (χ4n) is 3.71. The number of halogens is 1. The van der Waals surface area contributed by atoms with Gasteiger partial charge in [-0.05, 0) is 36.4 Å². The number of hydrogen-bond donors (Lipinski definition) is 0. The monoisotopic (exact) mass is 390 g/mol. The Morgan fingerprint density at radius 3 is 2.46 bits per heavy atom. The van der Waals surface area contributed by atoms with E-state index >= 15 is 0 Å². The Morgan fingerprint density at radius 1 is 1.00 bits per heavy atom. The highest BCUT2D eigenvalue weighted by atomic mass is 32.2. The highest BCUT2D eigenvalue weighted by Crippen LogP contribution is 2.45. The van der Waals surface area contributed by atoms with E-state index in [0.717, 1.165) is 30.0 Å². The minimum atomic E-state index is -0.484. The lowest BCUT2D eigenvalue weighted by atomic mass is 10.0. The van der Waals surface area contributed by atoms with E-state index in [1.54, 1.807) is 17.0 Å². The predicted molar refractivity (Wildman–Crippen MR) is 102 cm³/mol. The SMILES string of the molecule is O=C(c1ccccc1F)N1CCC2(CC1)SCCN2C(=O)c1cccs1. The largest absolute Gasteiger partial charge is 0.338 e. The minimum absolute atomic E-state index is 0.0823. The first kappa shape index (κ1) is 17.5. The van der Waals surface area contributed by atoms with Gasteiger partial charge >= 0.3 is 0 Å². The summed E-state index contributed by atoms with van der Waals surface area (Å²) >= 11 is 3.27. The van der Waals surface area contributed by atoms with Crippen molar-refractivity contribution in [3.8, 4) is 0 Å². The van der Waals surface area contributed by atoms with Gasteiger partial charge in [0.05, 0.1) is 15.3 Å². The van der Waals surface area contributed by atoms with E-state index in [4.69, 9.17) is 0 Å². The standard InChI is InChI=1S/C19H19FN2O2S2/c20-15-5-2-1-4-14(15)17(23)21-9-7-19(8-10-21)22(11-13-26-19)18(24)16-6-3-12-25-16/h1-6,12H,7-11,13H2. The highest BCUT2D eigenvalue weighted by molar-refractivity contribution is 8.00. The molecule has 3 heterocycles. The summed E-state index contributed by atoms with van der Waals surface area (Å²) in [6.07, 6.45) is 1.43. The van der Waals surface area contributed by atoms with Gasteiger partial charge in [0.2, 0.25) is 0 Å². The zero-order valence-corrected chi connectivity index (χ0v) is 15.8. The van der Waals surface area contributed by atoms with Crippen molar-refractivity contribution >= 4 is 34.9 Å². The van der Waals surface area contributed by atoms with Crippen molar-refractivity contribution in [2.24, 2.45) is 0 Å². The number of piperidine rings is 1. The molecule has 0 atom stereocenters. The third-order valence-corrected chi connectivity index (χ3v) is 7.50. The number of carbonyl (C=O) groups excluding carboxylic acids is 2. The van der Waals surface area contributed by atoms with Crippen LogP contribution in [0.3, 0.4) is 0 Å². The van der Waals surface area contributed by atoms with Crippen molar-refractivity contribution < 1.29 is 14.0 Å². The zero-order valence-electron chi connectivity index (χ0n) is 14.2. The van der Waals surface area contributed by atoms with Crippen LogP contribution in [0.1, 0.15) is 32.9 Å². The van der Waals surface area contributed by atoms with E-state index in [-0.39, 0.29) is 22.2 Å². The van der Waals surface area contributed by atoms with Gasteiger partial charge in [-0.15, -0.1) is 23.1 Å². The van der Waals surface area contributed by atoms with E-state index in [9.17, 15) is 14.0 Å². The second-order valence-corrected chi connectivity index (χ2v) is 8.91. The maximum absolute atomic E-state index is 13.9. The van der Waals surface area contributed by atoms with Gasteiger partial charge in [-0.1, -0.05) is 18.2 Å². The number of likely N-dealkylation sites (tertiary alicyclic amines) is 1. The van der Waals surface area contributed by atoms with Gasteiger partial charge in [0, 0.05) is 25.4 Å². The van der Waals surface area contributed by atoms with E-state index < -0.39 is 5.82 Å². The summed E-state index contributed by atoms with van der Waals surface area (Å²) in [7, 11) is 0. The number of thioether (sulfide) groups is 1. The lowest BCUT2D eigenvalue weighted by Gasteiger charge is -2.44. The summed E-state index contributed by atoms with van der Waals surface area (Å²) in [4.78, 5) is 29.7. The van der Waals surface area contributed by atoms with Gasteiger partial charge in [0.15, 0.2) is 0 Å². The van der Waals surface area contributed by atoms with E-state index in [1.807, 2.05) is 34.2 Å². The number of benzene rings is 1. The second kappa shape index (κ2) is 7.04. The quantitative estimate of drug-likeness (QED) is 0.785. The summed E-state index contributed by atoms with van der Waals surface area (Å²) in [6.45, 7) is 1.81. The predicted octanol–water partition coefficient (Wildman–Crippen LogP) is 3.71. The molecule has 4 nitrogen and oxygen atoms in total. The van der Waals surface area contributed by atoms with Crippen LogP contribution in [-0.2, 0) is 0 Å². The van der Waals surface area contributed by atoms with Gasteiger partial charge in [0.1, 0.15) is 5.82 Å². The van der Waals surface area contributed by atoms with Crippen molar-refractivity contribution in [3.05, 3.63) is 58.0 Å². The third-order valence-electron chi connectivity index (χ3n) is 5.09. The molecule has 0 radical (unpaired) electrons. The van der Waals surface area contributed by atoms with Gasteiger partial charge < -0.3 is 9.80 Å². The molecule has 2 aromatic rings. The molecule has 2 amide bonds. The van der Waals surface area contributed by atoms with Crippen molar-refractivity contribution in [1.82, 2.24) is 9.80 Å². The fourth-order valence-corrected chi connectivity index (χ4v) is 5.83. The average Bonchev–Trinajstić information content (AvgIpc) is 3.32. The molecule has 4 rings (SSSR count). The van der Waals surface area contributed by atoms with Crippen LogP contribution in [0.5, 0.6) is 0 Å². The second-order valence-electron chi connectivity index (χ2n) is 6.50. The molecule has 2 saturated heterocycles. The molecule has 2 aliphatic heterocycles. The number of hydrogen-bond acceptors (Lipinski definition) is 4. The Labute approximate surface area is 160 Å². The Balaban J connectivity index is 1.48. The molecule has 0 N–H and O–H groups in total. The lowest BCUT2D eigenvalue weighted by Crippen LogP contribution is -2.53. The van der Waals surface area contributed by atoms with Crippen LogP contribution in [0.25, 0.3) is 0 Å². The van der Waals surface area contributed by atoms with Gasteiger partial charge in [0.25, 0.3) is 11.8 Å². The van der Waals surface area contributed by atoms with E-state index in [1.165, 1.54) is 23.5 Å². The Bertz CT molecular complexity index is 817. The summed E-state index contributed by atoms with van der Waals surface area (Å²) in [5.74, 6) is 0.247. The Kier molecular flexibility index (Phi) is 4.75. The average molecular weight is 391 g/mol. The molecule has 0 bridgehead atoms. The summed E-state index contributed by atoms with van der Waals surface area (Å²) in [6, 6.07) is 9.85. The third kappa shape index (κ3) is 3.03. The Hall–Kier alpha value is -1.86. The van der Waals surface area contributed by atoms with Crippen LogP contribution in [0.2, 0.25) is 0 Å². The molecule has 1 aromatic heterocycles. The van der Waals surface area contributed by atoms with E-state index in [2.05, 4.69) is 0 Å². The van der Waals surface area contributed by atoms with Crippen molar-refractivity contribution in [3.63, 3.8) is 0 Å². The molecule has 2 aliphatic rings. The normalized spacial score (nSPS) is 19.1. The molecule has 26 heavy (non-hydrogen) atoms. The summed E-state index contributed by atoms with van der Waals surface area (Å²) < 4.78 is 13.9. The van der Waals surface area contributed by atoms with Crippen molar-refractivity contribution in [2.75, 3.05) is 25.4 Å². The maximum Gasteiger partial charge on any atom is 0.265 e. The smallest absolute Gasteiger partial charge is 0.265 e. The molecular weight excluding hydrogens is 371 g/mol. The van der Waals surface area contributed by atoms with Crippen LogP contribution in [0.15, 0.2) is 41.8 Å². The number of nitrogens with zero attached hydrogens (tertiary/aromatic N) is 2. The van der Waals surface area contributed by atoms with Gasteiger partial charge in [-0.3, -0.25) is 9.59 Å². The minimum Gasteiger partial charge on any atom is -0.338 e. The number of rotatable bonds is 2. The van der Waals surface area contributed by atoms with Crippen LogP contribution < -0.4 is 0 Å². The van der Waals surface area contributed by atoms with Crippen LogP contribution in [0.4, 0.5) is 4.39 Å². The first-order valence-electron chi connectivity index (χ1n) is 8.64. The van der Waals surface area contributed by atoms with E-state index in [0.29, 0.717) is 13.1 Å². The first-order chi connectivity index (χ1) is 12.6. The summed E-state index contributed by atoms with van der Waals surface area (Å²) in [5, 5.41) is 1.92. The number of amides is 2. The van der Waals surface area contributed by atoms with Gasteiger partial charge in [-0.25, -0.2) is 4.39 Å². The number of thiophene rings is 1. The topological polar surface area (TPSA) is 40.6 Å². The molecule has 1 spiro atoms. The summed E-state index contributed by atoms with van der Waals surface area (Å²) in [5.41, 5.74) is 0.119. The Morgan fingerprint density at radius 2 is 1.77 bits per heavy atom.